The lowest BCUT2D eigenvalue weighted by molar-refractivity contribution is 0.157. The SMILES string of the molecule is COc1cc([C@H]2Oc3c(OC)cc(CCCO)cc3[C@@H]2CO)ccc1O. The number of ether oxygens (including phenoxy) is 3. The van der Waals surface area contributed by atoms with Gasteiger partial charge in [0.05, 0.1) is 26.7 Å². The standard InChI is InChI=1S/C20H24O6/c1-24-17-10-13(5-6-16(17)23)19-15(11-22)14-8-12(4-3-7-21)9-18(25-2)20(14)26-19/h5-6,8-10,15,19,21-23H,3-4,7,11H2,1-2H3/t15-,19+/m0/s1. The Hall–Kier alpha value is -2.44. The molecule has 6 nitrogen and oxygen atoms in total. The molecule has 0 unspecified atom stereocenters. The quantitative estimate of drug-likeness (QED) is 0.703. The van der Waals surface area contributed by atoms with E-state index < -0.39 is 6.10 Å². The second-order valence-electron chi connectivity index (χ2n) is 6.30. The summed E-state index contributed by atoms with van der Waals surface area (Å²) in [6, 6.07) is 8.94. The van der Waals surface area contributed by atoms with E-state index in [1.807, 2.05) is 12.1 Å². The van der Waals surface area contributed by atoms with E-state index in [1.54, 1.807) is 25.3 Å². The van der Waals surface area contributed by atoms with Crippen molar-refractivity contribution >= 4 is 0 Å². The van der Waals surface area contributed by atoms with Crippen LogP contribution in [-0.4, -0.2) is 42.8 Å². The third-order valence-corrected chi connectivity index (χ3v) is 4.73. The molecule has 26 heavy (non-hydrogen) atoms. The lowest BCUT2D eigenvalue weighted by Gasteiger charge is -2.18. The van der Waals surface area contributed by atoms with Gasteiger partial charge in [-0.3, -0.25) is 0 Å². The lowest BCUT2D eigenvalue weighted by atomic mass is 9.90. The van der Waals surface area contributed by atoms with Crippen LogP contribution in [0.3, 0.4) is 0 Å². The van der Waals surface area contributed by atoms with Crippen molar-refractivity contribution in [3.05, 3.63) is 47.0 Å². The first-order valence-electron chi connectivity index (χ1n) is 8.59. The van der Waals surface area contributed by atoms with E-state index >= 15 is 0 Å². The number of hydrogen-bond donors (Lipinski definition) is 3. The van der Waals surface area contributed by atoms with Crippen LogP contribution >= 0.6 is 0 Å². The van der Waals surface area contributed by atoms with Crippen molar-refractivity contribution in [2.24, 2.45) is 0 Å². The maximum atomic E-state index is 10.0. The van der Waals surface area contributed by atoms with Crippen molar-refractivity contribution in [3.8, 4) is 23.0 Å². The van der Waals surface area contributed by atoms with Crippen LogP contribution in [0.4, 0.5) is 0 Å². The minimum Gasteiger partial charge on any atom is -0.504 e. The minimum atomic E-state index is -0.411. The number of aryl methyl sites for hydroxylation is 1. The molecule has 0 spiro atoms. The number of aromatic hydroxyl groups is 1. The van der Waals surface area contributed by atoms with Crippen LogP contribution in [0.25, 0.3) is 0 Å². The van der Waals surface area contributed by atoms with E-state index in [9.17, 15) is 10.2 Å². The van der Waals surface area contributed by atoms with E-state index in [4.69, 9.17) is 19.3 Å². The molecular weight excluding hydrogens is 336 g/mol. The Bertz CT molecular complexity index is 773. The number of phenolic OH excluding ortho intramolecular Hbond substituents is 1. The van der Waals surface area contributed by atoms with Gasteiger partial charge in [-0.2, -0.15) is 0 Å². The summed E-state index contributed by atoms with van der Waals surface area (Å²) in [5, 5.41) is 28.9. The van der Waals surface area contributed by atoms with Crippen molar-refractivity contribution in [1.82, 2.24) is 0 Å². The average Bonchev–Trinajstić information content (AvgIpc) is 3.04. The van der Waals surface area contributed by atoms with E-state index in [0.29, 0.717) is 23.7 Å². The van der Waals surface area contributed by atoms with Crippen LogP contribution in [0.15, 0.2) is 30.3 Å². The Labute approximate surface area is 152 Å². The minimum absolute atomic E-state index is 0.0520. The van der Waals surface area contributed by atoms with Crippen molar-refractivity contribution in [3.63, 3.8) is 0 Å². The second-order valence-corrected chi connectivity index (χ2v) is 6.30. The smallest absolute Gasteiger partial charge is 0.165 e. The molecule has 0 fully saturated rings. The molecule has 0 bridgehead atoms. The molecule has 2 atom stereocenters. The van der Waals surface area contributed by atoms with Gasteiger partial charge in [-0.25, -0.2) is 0 Å². The fourth-order valence-corrected chi connectivity index (χ4v) is 3.40. The largest absolute Gasteiger partial charge is 0.504 e. The van der Waals surface area contributed by atoms with Crippen LogP contribution < -0.4 is 14.2 Å². The van der Waals surface area contributed by atoms with Crippen molar-refractivity contribution < 1.29 is 29.5 Å². The van der Waals surface area contributed by atoms with Crippen LogP contribution in [-0.2, 0) is 6.42 Å². The van der Waals surface area contributed by atoms with Gasteiger partial charge in [-0.05, 0) is 42.2 Å². The molecule has 0 saturated carbocycles. The number of phenols is 1. The Kier molecular flexibility index (Phi) is 5.54. The van der Waals surface area contributed by atoms with E-state index in [2.05, 4.69) is 0 Å². The molecule has 3 rings (SSSR count). The highest BCUT2D eigenvalue weighted by Gasteiger charge is 2.37. The summed E-state index contributed by atoms with van der Waals surface area (Å²) in [5.41, 5.74) is 2.71. The Morgan fingerprint density at radius 3 is 2.46 bits per heavy atom. The molecule has 0 aromatic heterocycles. The van der Waals surface area contributed by atoms with Crippen LogP contribution in [0, 0.1) is 0 Å². The lowest BCUT2D eigenvalue weighted by Crippen LogP contribution is -2.13. The zero-order valence-corrected chi connectivity index (χ0v) is 14.9. The summed E-state index contributed by atoms with van der Waals surface area (Å²) in [6.45, 7) is 0.0305. The Morgan fingerprint density at radius 2 is 1.81 bits per heavy atom. The van der Waals surface area contributed by atoms with E-state index in [1.165, 1.54) is 7.11 Å². The van der Waals surface area contributed by atoms with Gasteiger partial charge in [0.15, 0.2) is 23.0 Å². The maximum Gasteiger partial charge on any atom is 0.165 e. The summed E-state index contributed by atoms with van der Waals surface area (Å²) in [4.78, 5) is 0. The molecule has 0 radical (unpaired) electrons. The molecule has 0 saturated heterocycles. The average molecular weight is 360 g/mol. The highest BCUT2D eigenvalue weighted by Crippen LogP contribution is 2.51. The molecule has 2 aromatic carbocycles. The number of methoxy groups -OCH3 is 2. The third-order valence-electron chi connectivity index (χ3n) is 4.73. The van der Waals surface area contributed by atoms with Crippen LogP contribution in [0.5, 0.6) is 23.0 Å². The van der Waals surface area contributed by atoms with E-state index in [0.717, 1.165) is 23.1 Å². The second kappa shape index (κ2) is 7.85. The summed E-state index contributed by atoms with van der Waals surface area (Å²) in [6.07, 6.45) is 0.966. The van der Waals surface area contributed by atoms with Crippen LogP contribution in [0.2, 0.25) is 0 Å². The molecular formula is C20H24O6. The van der Waals surface area contributed by atoms with Crippen molar-refractivity contribution in [2.75, 3.05) is 27.4 Å². The van der Waals surface area contributed by atoms with Gasteiger partial charge in [0.25, 0.3) is 0 Å². The van der Waals surface area contributed by atoms with Gasteiger partial charge in [-0.1, -0.05) is 12.1 Å². The van der Waals surface area contributed by atoms with Crippen LogP contribution in [0.1, 0.15) is 35.1 Å². The van der Waals surface area contributed by atoms with Crippen molar-refractivity contribution in [1.29, 1.82) is 0 Å². The fraction of sp³-hybridized carbons (Fsp3) is 0.400. The molecule has 1 aliphatic rings. The summed E-state index contributed by atoms with van der Waals surface area (Å²) in [7, 11) is 3.07. The molecule has 1 aliphatic heterocycles. The molecule has 0 aliphatic carbocycles. The Morgan fingerprint density at radius 1 is 1.04 bits per heavy atom. The normalized spacial score (nSPS) is 18.3. The highest BCUT2D eigenvalue weighted by atomic mass is 16.5. The first-order valence-corrected chi connectivity index (χ1v) is 8.59. The zero-order valence-electron chi connectivity index (χ0n) is 14.9. The van der Waals surface area contributed by atoms with Gasteiger partial charge in [0.1, 0.15) is 6.10 Å². The topological polar surface area (TPSA) is 88.4 Å². The highest BCUT2D eigenvalue weighted by molar-refractivity contribution is 5.55. The Balaban J connectivity index is 2.00. The first kappa shape index (κ1) is 18.4. The third kappa shape index (κ3) is 3.30. The van der Waals surface area contributed by atoms with Gasteiger partial charge >= 0.3 is 0 Å². The molecule has 6 heteroatoms. The van der Waals surface area contributed by atoms with Gasteiger partial charge in [0, 0.05) is 12.2 Å². The number of fused-ring (bicyclic) bond motifs is 1. The van der Waals surface area contributed by atoms with Gasteiger partial charge in [0.2, 0.25) is 0 Å². The summed E-state index contributed by atoms with van der Waals surface area (Å²) < 4.78 is 16.8. The number of rotatable bonds is 7. The predicted molar refractivity (Wildman–Crippen MR) is 96.3 cm³/mol. The molecule has 1 heterocycles. The predicted octanol–water partition coefficient (Wildman–Crippen LogP) is 2.54. The number of benzene rings is 2. The van der Waals surface area contributed by atoms with Crippen molar-refractivity contribution in [2.45, 2.75) is 24.9 Å². The van der Waals surface area contributed by atoms with Gasteiger partial charge in [-0.15, -0.1) is 0 Å². The number of aliphatic hydroxyl groups excluding tert-OH is 2. The number of hydrogen-bond acceptors (Lipinski definition) is 6. The maximum absolute atomic E-state index is 10.0. The monoisotopic (exact) mass is 360 g/mol. The molecule has 0 amide bonds. The summed E-state index contributed by atoms with van der Waals surface area (Å²) in [5.74, 6) is 1.38. The first-order chi connectivity index (χ1) is 12.6. The fourth-order valence-electron chi connectivity index (χ4n) is 3.40. The molecule has 3 N–H and O–H groups in total. The van der Waals surface area contributed by atoms with Gasteiger partial charge < -0.3 is 29.5 Å². The van der Waals surface area contributed by atoms with E-state index in [-0.39, 0.29) is 24.9 Å². The zero-order chi connectivity index (χ0) is 18.7. The number of aliphatic hydroxyl groups is 2. The molecule has 2 aromatic rings. The summed E-state index contributed by atoms with van der Waals surface area (Å²) >= 11 is 0. The molecule has 140 valence electrons.